The predicted octanol–water partition coefficient (Wildman–Crippen LogP) is 4.48. The number of benzene rings is 2. The first kappa shape index (κ1) is 15.1. The Kier molecular flexibility index (Phi) is 5.36. The lowest BCUT2D eigenvalue weighted by Gasteiger charge is -2.24. The number of halogens is 1. The van der Waals surface area contributed by atoms with E-state index >= 15 is 0 Å². The Labute approximate surface area is 130 Å². The maximum Gasteiger partial charge on any atom is 0.0644 e. The van der Waals surface area contributed by atoms with Crippen molar-refractivity contribution in [1.29, 1.82) is 5.26 Å². The van der Waals surface area contributed by atoms with Gasteiger partial charge in [0.25, 0.3) is 0 Å². The molecule has 106 valence electrons. The molecule has 1 atom stereocenters. The van der Waals surface area contributed by atoms with E-state index in [-0.39, 0.29) is 6.04 Å². The van der Waals surface area contributed by atoms with E-state index < -0.39 is 0 Å². The fourth-order valence-corrected chi connectivity index (χ4v) is 2.12. The summed E-state index contributed by atoms with van der Waals surface area (Å²) >= 11 is 6.13. The molecule has 0 saturated carbocycles. The summed E-state index contributed by atoms with van der Waals surface area (Å²) in [6.45, 7) is 1.97. The van der Waals surface area contributed by atoms with Gasteiger partial charge in [-0.25, -0.2) is 0 Å². The third-order valence-electron chi connectivity index (χ3n) is 3.05. The fraction of sp³-hybridized carbons (Fsp3) is 0.176. The Morgan fingerprint density at radius 1 is 1.19 bits per heavy atom. The van der Waals surface area contributed by atoms with E-state index in [9.17, 15) is 0 Å². The van der Waals surface area contributed by atoms with Crippen LogP contribution in [0.2, 0.25) is 5.02 Å². The summed E-state index contributed by atoms with van der Waals surface area (Å²) in [5.41, 5.74) is 1.80. The number of nitrogens with zero attached hydrogens (tertiary/aromatic N) is 3. The smallest absolute Gasteiger partial charge is 0.0644 e. The minimum atomic E-state index is -0.0175. The van der Waals surface area contributed by atoms with Gasteiger partial charge in [0.2, 0.25) is 0 Å². The van der Waals surface area contributed by atoms with Gasteiger partial charge in [-0.3, -0.25) is 5.01 Å². The van der Waals surface area contributed by atoms with E-state index in [4.69, 9.17) is 16.9 Å². The van der Waals surface area contributed by atoms with Crippen LogP contribution in [0, 0.1) is 11.3 Å². The molecule has 3 nitrogen and oxygen atoms in total. The maximum atomic E-state index is 8.91. The van der Waals surface area contributed by atoms with E-state index in [1.54, 1.807) is 6.21 Å². The lowest BCUT2D eigenvalue weighted by Crippen LogP contribution is -2.27. The molecule has 0 amide bonds. The number of para-hydroxylation sites is 1. The molecule has 0 heterocycles. The van der Waals surface area contributed by atoms with Crippen molar-refractivity contribution < 1.29 is 0 Å². The van der Waals surface area contributed by atoms with E-state index in [1.807, 2.05) is 66.5 Å². The molecule has 0 bridgehead atoms. The van der Waals surface area contributed by atoms with Gasteiger partial charge in [-0.2, -0.15) is 10.4 Å². The summed E-state index contributed by atoms with van der Waals surface area (Å²) in [6, 6.07) is 19.5. The summed E-state index contributed by atoms with van der Waals surface area (Å²) in [5.74, 6) is 0. The first-order valence-electron chi connectivity index (χ1n) is 6.72. The minimum absolute atomic E-state index is 0.0175. The Hall–Kier alpha value is -2.31. The van der Waals surface area contributed by atoms with Gasteiger partial charge >= 0.3 is 0 Å². The first-order valence-corrected chi connectivity index (χ1v) is 7.10. The molecular weight excluding hydrogens is 282 g/mol. The van der Waals surface area contributed by atoms with Crippen molar-refractivity contribution in [3.05, 3.63) is 65.2 Å². The van der Waals surface area contributed by atoms with Crippen molar-refractivity contribution in [1.82, 2.24) is 0 Å². The molecule has 0 saturated heterocycles. The Morgan fingerprint density at radius 2 is 1.86 bits per heavy atom. The molecule has 0 aliphatic rings. The summed E-state index contributed by atoms with van der Waals surface area (Å²) in [7, 11) is 0. The fourth-order valence-electron chi connectivity index (χ4n) is 1.94. The number of hydrogen-bond donors (Lipinski definition) is 0. The number of nitriles is 1. The largest absolute Gasteiger partial charge is 0.262 e. The Morgan fingerprint density at radius 3 is 2.52 bits per heavy atom. The van der Waals surface area contributed by atoms with Crippen LogP contribution in [0.5, 0.6) is 0 Å². The zero-order valence-electron chi connectivity index (χ0n) is 11.8. The van der Waals surface area contributed by atoms with Gasteiger partial charge in [0.15, 0.2) is 0 Å². The molecule has 0 spiro atoms. The molecule has 4 heteroatoms. The van der Waals surface area contributed by atoms with Crippen molar-refractivity contribution in [2.24, 2.45) is 5.10 Å². The van der Waals surface area contributed by atoms with Crippen LogP contribution in [0.1, 0.15) is 18.9 Å². The normalized spacial score (nSPS) is 12.0. The highest BCUT2D eigenvalue weighted by molar-refractivity contribution is 6.33. The monoisotopic (exact) mass is 297 g/mol. The molecule has 0 aliphatic heterocycles. The molecule has 0 fully saturated rings. The van der Waals surface area contributed by atoms with Crippen molar-refractivity contribution in [2.75, 3.05) is 5.01 Å². The second kappa shape index (κ2) is 7.47. The van der Waals surface area contributed by atoms with Crippen LogP contribution in [0.3, 0.4) is 0 Å². The van der Waals surface area contributed by atoms with Crippen molar-refractivity contribution in [3.8, 4) is 6.07 Å². The lowest BCUT2D eigenvalue weighted by atomic mass is 10.2. The van der Waals surface area contributed by atoms with Crippen molar-refractivity contribution in [3.63, 3.8) is 0 Å². The van der Waals surface area contributed by atoms with E-state index in [2.05, 4.69) is 11.2 Å². The third kappa shape index (κ3) is 4.08. The zero-order valence-corrected chi connectivity index (χ0v) is 12.5. The van der Waals surface area contributed by atoms with Crippen molar-refractivity contribution in [2.45, 2.75) is 19.4 Å². The third-order valence-corrected chi connectivity index (χ3v) is 3.40. The topological polar surface area (TPSA) is 39.4 Å². The first-order chi connectivity index (χ1) is 10.2. The zero-order chi connectivity index (χ0) is 15.1. The summed E-state index contributed by atoms with van der Waals surface area (Å²) in [5, 5.41) is 15.9. The molecule has 0 aromatic heterocycles. The second-order valence-corrected chi connectivity index (χ2v) is 5.06. The summed E-state index contributed by atoms with van der Waals surface area (Å²) in [6.07, 6.45) is 2.12. The van der Waals surface area contributed by atoms with Gasteiger partial charge in [0.05, 0.1) is 30.4 Å². The predicted molar refractivity (Wildman–Crippen MR) is 87.7 cm³/mol. The number of anilines is 1. The molecule has 2 aromatic carbocycles. The van der Waals surface area contributed by atoms with Gasteiger partial charge in [0.1, 0.15) is 0 Å². The quantitative estimate of drug-likeness (QED) is 0.603. The standard InChI is InChI=1S/C17H16ClN3/c1-14(11-12-19)21(16-8-3-2-4-9-16)20-13-15-7-5-6-10-17(15)18/h2-10,13-14H,11H2,1H3/b20-13-/t14-/m1/s1. The van der Waals surface area contributed by atoms with Crippen molar-refractivity contribution >= 4 is 23.5 Å². The van der Waals surface area contributed by atoms with Crippen LogP contribution < -0.4 is 5.01 Å². The Balaban J connectivity index is 2.29. The van der Waals surface area contributed by atoms with Crippen LogP contribution in [-0.4, -0.2) is 12.3 Å². The minimum Gasteiger partial charge on any atom is -0.262 e. The van der Waals surface area contributed by atoms with Gasteiger partial charge in [-0.15, -0.1) is 0 Å². The molecule has 0 unspecified atom stereocenters. The molecule has 2 aromatic rings. The average Bonchev–Trinajstić information content (AvgIpc) is 2.50. The van der Waals surface area contributed by atoms with Gasteiger partial charge in [-0.1, -0.05) is 48.0 Å². The molecule has 0 radical (unpaired) electrons. The highest BCUT2D eigenvalue weighted by Gasteiger charge is 2.13. The van der Waals surface area contributed by atoms with Crippen LogP contribution >= 0.6 is 11.6 Å². The molecule has 21 heavy (non-hydrogen) atoms. The molecule has 2 rings (SSSR count). The summed E-state index contributed by atoms with van der Waals surface area (Å²) < 4.78 is 0. The Bertz CT molecular complexity index is 647. The number of hydrazone groups is 1. The van der Waals surface area contributed by atoms with Gasteiger partial charge < -0.3 is 0 Å². The van der Waals surface area contributed by atoms with E-state index in [0.29, 0.717) is 11.4 Å². The second-order valence-electron chi connectivity index (χ2n) is 4.66. The molecule has 0 N–H and O–H groups in total. The summed E-state index contributed by atoms with van der Waals surface area (Å²) in [4.78, 5) is 0. The molecule has 0 aliphatic carbocycles. The SMILES string of the molecule is C[C@H](CC#N)N(/N=C\c1ccccc1Cl)c1ccccc1. The van der Waals surface area contributed by atoms with Crippen LogP contribution in [0.4, 0.5) is 5.69 Å². The molecular formula is C17H16ClN3. The van der Waals surface area contributed by atoms with Crippen LogP contribution in [0.25, 0.3) is 0 Å². The highest BCUT2D eigenvalue weighted by Crippen LogP contribution is 2.19. The maximum absolute atomic E-state index is 8.91. The number of hydrogen-bond acceptors (Lipinski definition) is 3. The van der Waals surface area contributed by atoms with Crippen LogP contribution in [-0.2, 0) is 0 Å². The number of rotatable bonds is 5. The highest BCUT2D eigenvalue weighted by atomic mass is 35.5. The van der Waals surface area contributed by atoms with E-state index in [0.717, 1.165) is 11.3 Å². The van der Waals surface area contributed by atoms with E-state index in [1.165, 1.54) is 0 Å². The average molecular weight is 298 g/mol. The van der Waals surface area contributed by atoms with Gasteiger partial charge in [0, 0.05) is 10.6 Å². The lowest BCUT2D eigenvalue weighted by molar-refractivity contribution is 0.670. The van der Waals surface area contributed by atoms with Crippen LogP contribution in [0.15, 0.2) is 59.7 Å². The van der Waals surface area contributed by atoms with Gasteiger partial charge in [-0.05, 0) is 25.1 Å².